The van der Waals surface area contributed by atoms with Gasteiger partial charge in [0.25, 0.3) is 0 Å². The van der Waals surface area contributed by atoms with Crippen molar-refractivity contribution in [3.63, 3.8) is 0 Å². The summed E-state index contributed by atoms with van der Waals surface area (Å²) in [5, 5.41) is 27.7. The molecule has 0 aliphatic rings. The van der Waals surface area contributed by atoms with E-state index in [-0.39, 0.29) is 0 Å². The summed E-state index contributed by atoms with van der Waals surface area (Å²) in [7, 11) is 0. The summed E-state index contributed by atoms with van der Waals surface area (Å²) in [5.74, 6) is -1.03. The molecule has 4 heteroatoms. The van der Waals surface area contributed by atoms with Gasteiger partial charge < -0.3 is 15.3 Å². The van der Waals surface area contributed by atoms with Gasteiger partial charge in [0.15, 0.2) is 0 Å². The molecule has 0 rings (SSSR count). The molecule has 3 N–H and O–H groups in total. The van der Waals surface area contributed by atoms with Crippen molar-refractivity contribution < 1.29 is 20.1 Å². The minimum Gasteiger partial charge on any atom is -0.478 e. The molecule has 0 radical (unpaired) electrons. The number of aliphatic hydroxyl groups excluding tert-OH is 2. The second-order valence-corrected chi connectivity index (χ2v) is 4.14. The van der Waals surface area contributed by atoms with Gasteiger partial charge in [-0.3, -0.25) is 0 Å². The van der Waals surface area contributed by atoms with Crippen LogP contribution in [0.15, 0.2) is 23.8 Å². The molecule has 0 heterocycles. The maximum atomic E-state index is 10.3. The van der Waals surface area contributed by atoms with Crippen molar-refractivity contribution in [3.8, 4) is 0 Å². The zero-order valence-electron chi connectivity index (χ0n) is 10.5. The van der Waals surface area contributed by atoms with Crippen LogP contribution < -0.4 is 0 Å². The lowest BCUT2D eigenvalue weighted by atomic mass is 10.0. The molecule has 98 valence electrons. The molecule has 17 heavy (non-hydrogen) atoms. The topological polar surface area (TPSA) is 77.8 Å². The molecule has 0 saturated heterocycles. The lowest BCUT2D eigenvalue weighted by Crippen LogP contribution is -2.23. The van der Waals surface area contributed by atoms with Crippen molar-refractivity contribution in [3.05, 3.63) is 23.8 Å². The van der Waals surface area contributed by atoms with Crippen molar-refractivity contribution in [2.45, 2.75) is 51.7 Å². The van der Waals surface area contributed by atoms with Crippen molar-refractivity contribution in [2.75, 3.05) is 0 Å². The summed E-state index contributed by atoms with van der Waals surface area (Å²) >= 11 is 0. The Morgan fingerprint density at radius 1 is 1.24 bits per heavy atom. The Morgan fingerprint density at radius 2 is 1.88 bits per heavy atom. The molecule has 0 fully saturated rings. The number of carbonyl (C=O) groups is 1. The van der Waals surface area contributed by atoms with Crippen molar-refractivity contribution in [1.29, 1.82) is 0 Å². The Hall–Kier alpha value is -1.13. The lowest BCUT2D eigenvalue weighted by Gasteiger charge is -2.14. The number of carboxylic acid groups (broad SMARTS) is 1. The van der Waals surface area contributed by atoms with E-state index in [0.717, 1.165) is 25.3 Å². The van der Waals surface area contributed by atoms with Crippen LogP contribution in [-0.2, 0) is 4.79 Å². The number of carboxylic acids is 1. The maximum Gasteiger partial charge on any atom is 0.328 e. The smallest absolute Gasteiger partial charge is 0.328 e. The first-order valence-corrected chi connectivity index (χ1v) is 5.93. The Labute approximate surface area is 102 Å². The highest BCUT2D eigenvalue weighted by molar-refractivity contribution is 5.80. The fourth-order valence-corrected chi connectivity index (χ4v) is 1.41. The SMILES string of the molecule is CCCCC[C@H](O)[C@@H](O)/C=C(C)/C=C/C(=O)O. The third-order valence-electron chi connectivity index (χ3n) is 2.42. The van der Waals surface area contributed by atoms with Crippen molar-refractivity contribution >= 4 is 5.97 Å². The van der Waals surface area contributed by atoms with Crippen molar-refractivity contribution in [1.82, 2.24) is 0 Å². The Balaban J connectivity index is 4.16. The third kappa shape index (κ3) is 8.65. The first kappa shape index (κ1) is 15.9. The predicted octanol–water partition coefficient (Wildman–Crippen LogP) is 1.88. The van der Waals surface area contributed by atoms with Crippen LogP contribution in [-0.4, -0.2) is 33.5 Å². The minimum absolute atomic E-state index is 0.557. The molecule has 0 amide bonds. The number of rotatable bonds is 8. The van der Waals surface area contributed by atoms with E-state index in [1.165, 1.54) is 12.2 Å². The summed E-state index contributed by atoms with van der Waals surface area (Å²) in [4.78, 5) is 10.3. The highest BCUT2D eigenvalue weighted by Gasteiger charge is 2.12. The Kier molecular flexibility index (Phi) is 8.36. The number of aliphatic carboxylic acids is 1. The van der Waals surface area contributed by atoms with E-state index in [0.29, 0.717) is 12.0 Å². The quantitative estimate of drug-likeness (QED) is 0.345. The average molecular weight is 242 g/mol. The summed E-state index contributed by atoms with van der Waals surface area (Å²) in [6.07, 6.45) is 5.68. The normalized spacial score (nSPS) is 16.1. The number of hydrogen-bond donors (Lipinski definition) is 3. The molecule has 2 atom stereocenters. The van der Waals surface area contributed by atoms with Crippen molar-refractivity contribution in [2.24, 2.45) is 0 Å². The van der Waals surface area contributed by atoms with Gasteiger partial charge in [-0.1, -0.05) is 43.9 Å². The zero-order chi connectivity index (χ0) is 13.3. The zero-order valence-corrected chi connectivity index (χ0v) is 10.5. The standard InChI is InChI=1S/C13H22O4/c1-3-4-5-6-11(14)12(15)9-10(2)7-8-13(16)17/h7-9,11-12,14-15H,3-6H2,1-2H3,(H,16,17)/b8-7+,10-9+/t11-,12-/m0/s1. The van der Waals surface area contributed by atoms with Gasteiger partial charge in [-0.25, -0.2) is 4.79 Å². The van der Waals surface area contributed by atoms with Crippen LogP contribution in [0.2, 0.25) is 0 Å². The van der Waals surface area contributed by atoms with Gasteiger partial charge in [-0.05, 0) is 13.3 Å². The van der Waals surface area contributed by atoms with Gasteiger partial charge >= 0.3 is 5.97 Å². The Morgan fingerprint density at radius 3 is 2.41 bits per heavy atom. The van der Waals surface area contributed by atoms with Crippen LogP contribution in [0.1, 0.15) is 39.5 Å². The second kappa shape index (κ2) is 8.96. The molecule has 0 aromatic carbocycles. The van der Waals surface area contributed by atoms with Crippen LogP contribution in [0.4, 0.5) is 0 Å². The highest BCUT2D eigenvalue weighted by atomic mass is 16.4. The van der Waals surface area contributed by atoms with E-state index in [1.54, 1.807) is 6.92 Å². The van der Waals surface area contributed by atoms with Crippen LogP contribution in [0, 0.1) is 0 Å². The van der Waals surface area contributed by atoms with E-state index >= 15 is 0 Å². The molecule has 0 bridgehead atoms. The van der Waals surface area contributed by atoms with Gasteiger partial charge in [0.2, 0.25) is 0 Å². The summed E-state index contributed by atoms with van der Waals surface area (Å²) < 4.78 is 0. The van der Waals surface area contributed by atoms with E-state index in [9.17, 15) is 15.0 Å². The van der Waals surface area contributed by atoms with Gasteiger partial charge in [0.05, 0.1) is 12.2 Å². The van der Waals surface area contributed by atoms with Gasteiger partial charge in [0, 0.05) is 6.08 Å². The van der Waals surface area contributed by atoms with E-state index in [4.69, 9.17) is 5.11 Å². The van der Waals surface area contributed by atoms with Gasteiger partial charge in [-0.2, -0.15) is 0 Å². The molecule has 0 aromatic rings. The number of aliphatic hydroxyl groups is 2. The van der Waals surface area contributed by atoms with Gasteiger partial charge in [-0.15, -0.1) is 0 Å². The van der Waals surface area contributed by atoms with E-state index in [1.807, 2.05) is 0 Å². The van der Waals surface area contributed by atoms with Crippen LogP contribution in [0.25, 0.3) is 0 Å². The second-order valence-electron chi connectivity index (χ2n) is 4.14. The van der Waals surface area contributed by atoms with Crippen LogP contribution in [0.3, 0.4) is 0 Å². The first-order valence-electron chi connectivity index (χ1n) is 5.93. The lowest BCUT2D eigenvalue weighted by molar-refractivity contribution is -0.131. The third-order valence-corrected chi connectivity index (χ3v) is 2.42. The van der Waals surface area contributed by atoms with Crippen LogP contribution >= 0.6 is 0 Å². The fourth-order valence-electron chi connectivity index (χ4n) is 1.41. The molecule has 0 aliphatic carbocycles. The largest absolute Gasteiger partial charge is 0.478 e. The number of allylic oxidation sites excluding steroid dienone is 2. The molecule has 0 aliphatic heterocycles. The fraction of sp³-hybridized carbons (Fsp3) is 0.615. The minimum atomic E-state index is -1.03. The Bertz CT molecular complexity index is 281. The summed E-state index contributed by atoms with van der Waals surface area (Å²) in [6, 6.07) is 0. The molecule has 0 saturated carbocycles. The van der Waals surface area contributed by atoms with Crippen LogP contribution in [0.5, 0.6) is 0 Å². The van der Waals surface area contributed by atoms with Gasteiger partial charge in [0.1, 0.15) is 0 Å². The van der Waals surface area contributed by atoms with E-state index < -0.39 is 18.2 Å². The molecule has 0 aromatic heterocycles. The predicted molar refractivity (Wildman–Crippen MR) is 66.7 cm³/mol. The maximum absolute atomic E-state index is 10.3. The summed E-state index contributed by atoms with van der Waals surface area (Å²) in [5.41, 5.74) is 0.620. The summed E-state index contributed by atoms with van der Waals surface area (Å²) in [6.45, 7) is 3.75. The molecule has 0 spiro atoms. The average Bonchev–Trinajstić information content (AvgIpc) is 2.26. The molecular weight excluding hydrogens is 220 g/mol. The number of unbranched alkanes of at least 4 members (excludes halogenated alkanes) is 2. The first-order chi connectivity index (χ1) is 7.97. The monoisotopic (exact) mass is 242 g/mol. The molecular formula is C13H22O4. The van der Waals surface area contributed by atoms with E-state index in [2.05, 4.69) is 6.92 Å². The molecule has 4 nitrogen and oxygen atoms in total. The highest BCUT2D eigenvalue weighted by Crippen LogP contribution is 2.09. The molecule has 0 unspecified atom stereocenters. The number of hydrogen-bond acceptors (Lipinski definition) is 3.